The van der Waals surface area contributed by atoms with E-state index in [0.29, 0.717) is 17.8 Å². The minimum Gasteiger partial charge on any atom is -0.380 e. The summed E-state index contributed by atoms with van der Waals surface area (Å²) in [5.74, 6) is -0.214. The fourth-order valence-electron chi connectivity index (χ4n) is 1.88. The van der Waals surface area contributed by atoms with Gasteiger partial charge in [-0.1, -0.05) is 15.9 Å². The van der Waals surface area contributed by atoms with Gasteiger partial charge in [-0.05, 0) is 38.0 Å². The molecule has 0 unspecified atom stereocenters. The van der Waals surface area contributed by atoms with Crippen LogP contribution in [-0.2, 0) is 4.74 Å². The van der Waals surface area contributed by atoms with Crippen LogP contribution >= 0.6 is 15.9 Å². The second-order valence-electron chi connectivity index (χ2n) is 4.01. The van der Waals surface area contributed by atoms with Crippen molar-refractivity contribution < 1.29 is 9.13 Å². The van der Waals surface area contributed by atoms with Crippen LogP contribution in [0, 0.1) is 5.82 Å². The topological polar surface area (TPSA) is 21.3 Å². The van der Waals surface area contributed by atoms with E-state index in [1.54, 1.807) is 6.07 Å². The summed E-state index contributed by atoms with van der Waals surface area (Å²) in [6, 6.07) is 5.41. The molecule has 0 atom stereocenters. The van der Waals surface area contributed by atoms with Crippen molar-refractivity contribution in [2.75, 3.05) is 11.9 Å². The Labute approximate surface area is 103 Å². The van der Waals surface area contributed by atoms with E-state index in [4.69, 9.17) is 4.74 Å². The average Bonchev–Trinajstić information content (AvgIpc) is 2.18. The van der Waals surface area contributed by atoms with Crippen molar-refractivity contribution in [2.24, 2.45) is 0 Å². The Hall–Kier alpha value is -0.610. The molecule has 0 saturated heterocycles. The van der Waals surface area contributed by atoms with E-state index in [1.807, 2.05) is 13.0 Å². The molecule has 16 heavy (non-hydrogen) atoms. The summed E-state index contributed by atoms with van der Waals surface area (Å²) >= 11 is 3.24. The molecule has 0 heterocycles. The third-order valence-corrected chi connectivity index (χ3v) is 3.28. The van der Waals surface area contributed by atoms with E-state index in [0.717, 1.165) is 23.9 Å². The van der Waals surface area contributed by atoms with Gasteiger partial charge in [-0.25, -0.2) is 4.39 Å². The second kappa shape index (κ2) is 5.15. The van der Waals surface area contributed by atoms with Crippen molar-refractivity contribution in [3.05, 3.63) is 28.5 Å². The Balaban J connectivity index is 1.87. The Morgan fingerprint density at radius 3 is 2.88 bits per heavy atom. The molecule has 0 aliphatic heterocycles. The van der Waals surface area contributed by atoms with Crippen LogP contribution in [0.3, 0.4) is 0 Å². The standard InChI is InChI=1S/C12H15BrFNO/c1-2-16-10-6-9(7-10)15-12-4-3-8(13)5-11(12)14/h3-5,9-10,15H,2,6-7H2,1H3. The lowest BCUT2D eigenvalue weighted by molar-refractivity contribution is 0.00293. The van der Waals surface area contributed by atoms with Crippen LogP contribution in [-0.4, -0.2) is 18.8 Å². The van der Waals surface area contributed by atoms with E-state index in [9.17, 15) is 4.39 Å². The molecule has 1 N–H and O–H groups in total. The van der Waals surface area contributed by atoms with Crippen LogP contribution in [0.25, 0.3) is 0 Å². The summed E-state index contributed by atoms with van der Waals surface area (Å²) in [6.45, 7) is 2.75. The monoisotopic (exact) mass is 287 g/mol. The zero-order valence-electron chi connectivity index (χ0n) is 9.17. The highest BCUT2D eigenvalue weighted by Gasteiger charge is 2.29. The van der Waals surface area contributed by atoms with Gasteiger partial charge in [0.05, 0.1) is 11.8 Å². The number of hydrogen-bond acceptors (Lipinski definition) is 2. The Morgan fingerprint density at radius 2 is 2.25 bits per heavy atom. The summed E-state index contributed by atoms with van der Waals surface area (Å²) < 4.78 is 19.7. The lowest BCUT2D eigenvalue weighted by Crippen LogP contribution is -2.41. The van der Waals surface area contributed by atoms with Gasteiger partial charge in [0, 0.05) is 17.1 Å². The van der Waals surface area contributed by atoms with Gasteiger partial charge in [0.25, 0.3) is 0 Å². The van der Waals surface area contributed by atoms with E-state index >= 15 is 0 Å². The quantitative estimate of drug-likeness (QED) is 0.914. The molecular weight excluding hydrogens is 273 g/mol. The fourth-order valence-corrected chi connectivity index (χ4v) is 2.21. The first kappa shape index (κ1) is 11.9. The highest BCUT2D eigenvalue weighted by Crippen LogP contribution is 2.28. The molecule has 0 aromatic heterocycles. The van der Waals surface area contributed by atoms with Crippen LogP contribution in [0.1, 0.15) is 19.8 Å². The van der Waals surface area contributed by atoms with E-state index in [-0.39, 0.29) is 5.82 Å². The van der Waals surface area contributed by atoms with Crippen LogP contribution in [0.5, 0.6) is 0 Å². The molecule has 1 saturated carbocycles. The maximum Gasteiger partial charge on any atom is 0.147 e. The lowest BCUT2D eigenvalue weighted by atomic mass is 9.89. The number of ether oxygens (including phenoxy) is 1. The summed E-state index contributed by atoms with van der Waals surface area (Å²) in [5, 5.41) is 3.19. The molecular formula is C12H15BrFNO. The van der Waals surface area contributed by atoms with Gasteiger partial charge in [-0.2, -0.15) is 0 Å². The van der Waals surface area contributed by atoms with Gasteiger partial charge >= 0.3 is 0 Å². The van der Waals surface area contributed by atoms with Crippen LogP contribution in [0.4, 0.5) is 10.1 Å². The third kappa shape index (κ3) is 2.74. The molecule has 0 radical (unpaired) electrons. The highest BCUT2D eigenvalue weighted by atomic mass is 79.9. The fraction of sp³-hybridized carbons (Fsp3) is 0.500. The molecule has 0 spiro atoms. The number of rotatable bonds is 4. The second-order valence-corrected chi connectivity index (χ2v) is 4.93. The van der Waals surface area contributed by atoms with Gasteiger partial charge in [0.2, 0.25) is 0 Å². The predicted molar refractivity (Wildman–Crippen MR) is 66.2 cm³/mol. The maximum absolute atomic E-state index is 13.5. The van der Waals surface area contributed by atoms with Crippen molar-refractivity contribution >= 4 is 21.6 Å². The molecule has 2 nitrogen and oxygen atoms in total. The SMILES string of the molecule is CCOC1CC(Nc2ccc(Br)cc2F)C1. The number of halogens is 2. The summed E-state index contributed by atoms with van der Waals surface area (Å²) in [6.07, 6.45) is 2.27. The molecule has 1 aromatic rings. The van der Waals surface area contributed by atoms with Crippen molar-refractivity contribution in [1.29, 1.82) is 0 Å². The summed E-state index contributed by atoms with van der Waals surface area (Å²) in [7, 11) is 0. The lowest BCUT2D eigenvalue weighted by Gasteiger charge is -2.36. The number of anilines is 1. The summed E-state index contributed by atoms with van der Waals surface area (Å²) in [5.41, 5.74) is 0.572. The Kier molecular flexibility index (Phi) is 3.82. The zero-order valence-corrected chi connectivity index (χ0v) is 10.8. The summed E-state index contributed by atoms with van der Waals surface area (Å²) in [4.78, 5) is 0. The molecule has 0 amide bonds. The number of nitrogens with one attached hydrogen (secondary N) is 1. The van der Waals surface area contributed by atoms with Gasteiger partial charge in [-0.15, -0.1) is 0 Å². The molecule has 4 heteroatoms. The van der Waals surface area contributed by atoms with Crippen LogP contribution in [0.15, 0.2) is 22.7 Å². The van der Waals surface area contributed by atoms with E-state index in [1.165, 1.54) is 6.07 Å². The van der Waals surface area contributed by atoms with E-state index in [2.05, 4.69) is 21.2 Å². The molecule has 1 aromatic carbocycles. The minimum atomic E-state index is -0.214. The molecule has 1 fully saturated rings. The van der Waals surface area contributed by atoms with Crippen molar-refractivity contribution in [3.8, 4) is 0 Å². The average molecular weight is 288 g/mol. The van der Waals surface area contributed by atoms with E-state index < -0.39 is 0 Å². The maximum atomic E-state index is 13.5. The predicted octanol–water partition coefficient (Wildman–Crippen LogP) is 3.57. The molecule has 88 valence electrons. The Morgan fingerprint density at radius 1 is 1.50 bits per heavy atom. The third-order valence-electron chi connectivity index (χ3n) is 2.79. The molecule has 1 aliphatic carbocycles. The normalized spacial score (nSPS) is 23.9. The van der Waals surface area contributed by atoms with Crippen molar-refractivity contribution in [1.82, 2.24) is 0 Å². The number of benzene rings is 1. The van der Waals surface area contributed by atoms with Crippen LogP contribution in [0.2, 0.25) is 0 Å². The highest BCUT2D eigenvalue weighted by molar-refractivity contribution is 9.10. The largest absolute Gasteiger partial charge is 0.380 e. The van der Waals surface area contributed by atoms with Gasteiger partial charge in [-0.3, -0.25) is 0 Å². The van der Waals surface area contributed by atoms with Gasteiger partial charge in [0.1, 0.15) is 5.82 Å². The number of hydrogen-bond donors (Lipinski definition) is 1. The minimum absolute atomic E-state index is 0.214. The Bertz CT molecular complexity index is 366. The molecule has 1 aliphatic rings. The smallest absolute Gasteiger partial charge is 0.147 e. The van der Waals surface area contributed by atoms with Crippen molar-refractivity contribution in [3.63, 3.8) is 0 Å². The van der Waals surface area contributed by atoms with Crippen molar-refractivity contribution in [2.45, 2.75) is 31.9 Å². The first-order valence-electron chi connectivity index (χ1n) is 5.52. The van der Waals surface area contributed by atoms with Crippen LogP contribution < -0.4 is 5.32 Å². The van der Waals surface area contributed by atoms with Gasteiger partial charge in [0.15, 0.2) is 0 Å². The van der Waals surface area contributed by atoms with Gasteiger partial charge < -0.3 is 10.1 Å². The molecule has 2 rings (SSSR count). The zero-order chi connectivity index (χ0) is 11.5. The first-order valence-corrected chi connectivity index (χ1v) is 6.31. The first-order chi connectivity index (χ1) is 7.69. The molecule has 0 bridgehead atoms.